The summed E-state index contributed by atoms with van der Waals surface area (Å²) >= 11 is 5.83. The molecule has 1 aromatic carbocycles. The Bertz CT molecular complexity index is 546. The Labute approximate surface area is 118 Å². The predicted molar refractivity (Wildman–Crippen MR) is 76.7 cm³/mol. The van der Waals surface area contributed by atoms with Gasteiger partial charge in [-0.3, -0.25) is 0 Å². The lowest BCUT2D eigenvalue weighted by atomic mass is 10.3. The minimum atomic E-state index is -3.72. The molecule has 0 aliphatic rings. The molecule has 0 bridgehead atoms. The minimum Gasteiger partial charge on any atom is -0.398 e. The van der Waals surface area contributed by atoms with Crippen LogP contribution in [0.4, 0.5) is 5.69 Å². The molecule has 0 atom stereocenters. The molecule has 0 fully saturated rings. The van der Waals surface area contributed by atoms with Gasteiger partial charge in [0.05, 0.1) is 12.3 Å². The van der Waals surface area contributed by atoms with E-state index in [1.165, 1.54) is 29.6 Å². The lowest BCUT2D eigenvalue weighted by molar-refractivity contribution is 0.182. The Hall–Kier alpha value is -1.08. The number of benzene rings is 1. The van der Waals surface area contributed by atoms with Gasteiger partial charge in [-0.05, 0) is 18.2 Å². The van der Waals surface area contributed by atoms with Crippen molar-refractivity contribution in [2.45, 2.75) is 4.90 Å². The SMILES string of the molecule is C=CCN(CCOC)S(=O)(=O)c1cc(Cl)ccc1N. The van der Waals surface area contributed by atoms with Gasteiger partial charge in [0.2, 0.25) is 10.0 Å². The maximum Gasteiger partial charge on any atom is 0.245 e. The van der Waals surface area contributed by atoms with Crippen LogP contribution in [0.1, 0.15) is 0 Å². The highest BCUT2D eigenvalue weighted by atomic mass is 35.5. The second-order valence-electron chi connectivity index (χ2n) is 3.83. The number of halogens is 1. The van der Waals surface area contributed by atoms with Gasteiger partial charge in [-0.25, -0.2) is 8.42 Å². The van der Waals surface area contributed by atoms with Crippen LogP contribution >= 0.6 is 11.6 Å². The lowest BCUT2D eigenvalue weighted by Crippen LogP contribution is -2.34. The highest BCUT2D eigenvalue weighted by Gasteiger charge is 2.25. The van der Waals surface area contributed by atoms with E-state index in [4.69, 9.17) is 22.1 Å². The first kappa shape index (κ1) is 16.0. The highest BCUT2D eigenvalue weighted by molar-refractivity contribution is 7.89. The molecule has 0 aliphatic carbocycles. The van der Waals surface area contributed by atoms with Crippen molar-refractivity contribution in [3.8, 4) is 0 Å². The molecule has 5 nitrogen and oxygen atoms in total. The van der Waals surface area contributed by atoms with Crippen molar-refractivity contribution >= 4 is 27.3 Å². The van der Waals surface area contributed by atoms with E-state index in [0.717, 1.165) is 0 Å². The van der Waals surface area contributed by atoms with Crippen LogP contribution in [0.25, 0.3) is 0 Å². The van der Waals surface area contributed by atoms with Crippen LogP contribution in [0.2, 0.25) is 5.02 Å². The van der Waals surface area contributed by atoms with Gasteiger partial charge in [-0.1, -0.05) is 17.7 Å². The number of nitrogens with two attached hydrogens (primary N) is 1. The predicted octanol–water partition coefficient (Wildman–Crippen LogP) is 1.75. The standard InChI is InChI=1S/C12H17ClN2O3S/c1-3-6-15(7-8-18-2)19(16,17)12-9-10(13)4-5-11(12)14/h3-5,9H,1,6-8,14H2,2H3. The summed E-state index contributed by atoms with van der Waals surface area (Å²) in [6.07, 6.45) is 1.51. The molecule has 0 unspecified atom stereocenters. The van der Waals surface area contributed by atoms with E-state index in [-0.39, 0.29) is 30.3 Å². The van der Waals surface area contributed by atoms with E-state index < -0.39 is 10.0 Å². The molecule has 0 saturated heterocycles. The summed E-state index contributed by atoms with van der Waals surface area (Å²) in [4.78, 5) is -0.00190. The van der Waals surface area contributed by atoms with Gasteiger partial charge < -0.3 is 10.5 Å². The van der Waals surface area contributed by atoms with E-state index in [1.54, 1.807) is 6.07 Å². The Morgan fingerprint density at radius 2 is 2.21 bits per heavy atom. The van der Waals surface area contributed by atoms with E-state index >= 15 is 0 Å². The first-order valence-corrected chi connectivity index (χ1v) is 7.40. The van der Waals surface area contributed by atoms with Crippen LogP contribution in [0.15, 0.2) is 35.7 Å². The van der Waals surface area contributed by atoms with E-state index in [1.807, 2.05) is 0 Å². The van der Waals surface area contributed by atoms with Crippen molar-refractivity contribution in [2.24, 2.45) is 0 Å². The summed E-state index contributed by atoms with van der Waals surface area (Å²) in [7, 11) is -2.21. The summed E-state index contributed by atoms with van der Waals surface area (Å²) in [5.41, 5.74) is 5.88. The Balaban J connectivity index is 3.18. The van der Waals surface area contributed by atoms with Gasteiger partial charge in [0.1, 0.15) is 4.90 Å². The first-order chi connectivity index (χ1) is 8.93. The normalized spacial score (nSPS) is 11.7. The molecular weight excluding hydrogens is 288 g/mol. The number of nitrogen functional groups attached to an aromatic ring is 1. The van der Waals surface area contributed by atoms with Crippen molar-refractivity contribution in [3.05, 3.63) is 35.9 Å². The maximum absolute atomic E-state index is 12.5. The molecule has 2 N–H and O–H groups in total. The summed E-state index contributed by atoms with van der Waals surface area (Å²) in [6.45, 7) is 4.23. The van der Waals surface area contributed by atoms with Gasteiger partial charge in [0, 0.05) is 25.2 Å². The molecule has 106 valence electrons. The topological polar surface area (TPSA) is 72.6 Å². The number of ether oxygens (including phenoxy) is 1. The van der Waals surface area contributed by atoms with Crippen molar-refractivity contribution in [1.29, 1.82) is 0 Å². The fraction of sp³-hybridized carbons (Fsp3) is 0.333. The number of anilines is 1. The minimum absolute atomic E-state index is 0.00190. The van der Waals surface area contributed by atoms with Crippen LogP contribution in [0.5, 0.6) is 0 Å². The largest absolute Gasteiger partial charge is 0.398 e. The van der Waals surface area contributed by atoms with Gasteiger partial charge in [0.25, 0.3) is 0 Å². The average molecular weight is 305 g/mol. The van der Waals surface area contributed by atoms with Gasteiger partial charge in [-0.2, -0.15) is 4.31 Å². The number of rotatable bonds is 7. The van der Waals surface area contributed by atoms with Gasteiger partial charge in [-0.15, -0.1) is 6.58 Å². The van der Waals surface area contributed by atoms with Gasteiger partial charge in [0.15, 0.2) is 0 Å². The molecule has 1 aromatic rings. The van der Waals surface area contributed by atoms with E-state index in [2.05, 4.69) is 6.58 Å². The summed E-state index contributed by atoms with van der Waals surface area (Å²) in [5.74, 6) is 0. The number of hydrogen-bond donors (Lipinski definition) is 1. The summed E-state index contributed by atoms with van der Waals surface area (Å²) in [5, 5.41) is 0.318. The molecule has 0 saturated carbocycles. The van der Waals surface area contributed by atoms with Crippen LogP contribution in [-0.2, 0) is 14.8 Å². The molecular formula is C12H17ClN2O3S. The fourth-order valence-corrected chi connectivity index (χ4v) is 3.29. The smallest absolute Gasteiger partial charge is 0.245 e. The zero-order valence-electron chi connectivity index (χ0n) is 10.7. The highest BCUT2D eigenvalue weighted by Crippen LogP contribution is 2.25. The zero-order chi connectivity index (χ0) is 14.5. The van der Waals surface area contributed by atoms with Crippen LogP contribution in [-0.4, -0.2) is 39.5 Å². The third-order valence-electron chi connectivity index (χ3n) is 2.47. The third-order valence-corrected chi connectivity index (χ3v) is 4.63. The second kappa shape index (κ2) is 6.91. The number of hydrogen-bond acceptors (Lipinski definition) is 4. The fourth-order valence-electron chi connectivity index (χ4n) is 1.52. The molecule has 0 aliphatic heterocycles. The molecule has 0 amide bonds. The third kappa shape index (κ3) is 3.94. The molecule has 19 heavy (non-hydrogen) atoms. The number of sulfonamides is 1. The first-order valence-electron chi connectivity index (χ1n) is 5.58. The van der Waals surface area contributed by atoms with Crippen molar-refractivity contribution in [1.82, 2.24) is 4.31 Å². The Morgan fingerprint density at radius 1 is 1.53 bits per heavy atom. The molecule has 0 heterocycles. The van der Waals surface area contributed by atoms with E-state index in [0.29, 0.717) is 5.02 Å². The zero-order valence-corrected chi connectivity index (χ0v) is 12.2. The monoisotopic (exact) mass is 304 g/mol. The van der Waals surface area contributed by atoms with Crippen LogP contribution in [0, 0.1) is 0 Å². The van der Waals surface area contributed by atoms with Crippen molar-refractivity contribution < 1.29 is 13.2 Å². The number of methoxy groups -OCH3 is 1. The molecule has 0 radical (unpaired) electrons. The maximum atomic E-state index is 12.5. The summed E-state index contributed by atoms with van der Waals surface area (Å²) < 4.78 is 31.1. The van der Waals surface area contributed by atoms with Crippen LogP contribution < -0.4 is 5.73 Å². The average Bonchev–Trinajstić information content (AvgIpc) is 2.37. The Kier molecular flexibility index (Phi) is 5.81. The van der Waals surface area contributed by atoms with Crippen molar-refractivity contribution in [3.63, 3.8) is 0 Å². The summed E-state index contributed by atoms with van der Waals surface area (Å²) in [6, 6.07) is 4.36. The molecule has 0 spiro atoms. The molecule has 0 aromatic heterocycles. The molecule has 7 heteroatoms. The van der Waals surface area contributed by atoms with Crippen molar-refractivity contribution in [2.75, 3.05) is 32.5 Å². The van der Waals surface area contributed by atoms with Crippen LogP contribution in [0.3, 0.4) is 0 Å². The quantitative estimate of drug-likeness (QED) is 0.615. The molecule has 1 rings (SSSR count). The lowest BCUT2D eigenvalue weighted by Gasteiger charge is -2.21. The van der Waals surface area contributed by atoms with Gasteiger partial charge >= 0.3 is 0 Å². The number of nitrogens with zero attached hydrogens (tertiary/aromatic N) is 1. The Morgan fingerprint density at radius 3 is 2.79 bits per heavy atom. The van der Waals surface area contributed by atoms with E-state index in [9.17, 15) is 8.42 Å². The second-order valence-corrected chi connectivity index (χ2v) is 6.17.